The number of hydrogen-bond acceptors (Lipinski definition) is 3. The fourth-order valence-electron chi connectivity index (χ4n) is 1.14. The normalized spacial score (nSPS) is 10.1. The van der Waals surface area contributed by atoms with E-state index in [2.05, 4.69) is 20.9 Å². The first-order valence-corrected chi connectivity index (χ1v) is 5.08. The smallest absolute Gasteiger partial charge is 0.269 e. The molecule has 0 aliphatic rings. The summed E-state index contributed by atoms with van der Waals surface area (Å²) in [5, 5.41) is 8.79. The minimum Gasteiger partial charge on any atom is -0.496 e. The Morgan fingerprint density at radius 3 is 2.73 bits per heavy atom. The lowest BCUT2D eigenvalue weighted by molar-refractivity contribution is 0.145. The maximum atomic E-state index is 12.7. The van der Waals surface area contributed by atoms with E-state index in [4.69, 9.17) is 10.00 Å². The van der Waals surface area contributed by atoms with Gasteiger partial charge >= 0.3 is 0 Å². The maximum Gasteiger partial charge on any atom is 0.269 e. The number of nitriles is 1. The van der Waals surface area contributed by atoms with Crippen molar-refractivity contribution in [1.29, 1.82) is 5.26 Å². The van der Waals surface area contributed by atoms with Crippen LogP contribution in [0.5, 0.6) is 5.75 Å². The van der Waals surface area contributed by atoms with Gasteiger partial charge in [0.05, 0.1) is 18.4 Å². The Morgan fingerprint density at radius 2 is 2.33 bits per heavy atom. The van der Waals surface area contributed by atoms with Crippen LogP contribution >= 0.6 is 15.9 Å². The van der Waals surface area contributed by atoms with Crippen molar-refractivity contribution in [2.75, 3.05) is 7.11 Å². The third-order valence-electron chi connectivity index (χ3n) is 1.78. The molecule has 0 radical (unpaired) electrons. The molecule has 80 valence electrons. The summed E-state index contributed by atoms with van der Waals surface area (Å²) in [4.78, 5) is 3.77. The molecule has 0 spiro atoms. The van der Waals surface area contributed by atoms with E-state index in [1.807, 2.05) is 0 Å². The second-order valence-corrected chi connectivity index (χ2v) is 3.18. The van der Waals surface area contributed by atoms with Gasteiger partial charge in [0.2, 0.25) is 0 Å². The molecule has 1 aromatic rings. The zero-order chi connectivity index (χ0) is 11.4. The molecule has 0 saturated carbocycles. The topological polar surface area (TPSA) is 45.9 Å². The molecule has 0 amide bonds. The number of ether oxygens (including phenoxy) is 1. The van der Waals surface area contributed by atoms with Crippen LogP contribution in [0.3, 0.4) is 0 Å². The van der Waals surface area contributed by atoms with Gasteiger partial charge in [-0.3, -0.25) is 0 Å². The Hall–Kier alpha value is -1.22. The van der Waals surface area contributed by atoms with Gasteiger partial charge in [-0.15, -0.1) is 0 Å². The van der Waals surface area contributed by atoms with E-state index < -0.39 is 6.43 Å². The molecule has 3 nitrogen and oxygen atoms in total. The first kappa shape index (κ1) is 11.9. The van der Waals surface area contributed by atoms with Gasteiger partial charge < -0.3 is 4.74 Å². The number of methoxy groups -OCH3 is 1. The highest BCUT2D eigenvalue weighted by atomic mass is 79.9. The molecule has 0 aromatic carbocycles. The maximum absolute atomic E-state index is 12.7. The SMILES string of the molecule is COc1cc(C#N)nc(CBr)c1C(F)F. The molecule has 0 bridgehead atoms. The first-order chi connectivity index (χ1) is 7.13. The van der Waals surface area contributed by atoms with Crippen LogP contribution in [0.1, 0.15) is 23.4 Å². The third kappa shape index (κ3) is 2.42. The number of halogens is 3. The van der Waals surface area contributed by atoms with E-state index in [0.29, 0.717) is 0 Å². The Kier molecular flexibility index (Phi) is 3.97. The minimum absolute atomic E-state index is 0.00833. The second-order valence-electron chi connectivity index (χ2n) is 2.62. The molecule has 6 heteroatoms. The van der Waals surface area contributed by atoms with Crippen molar-refractivity contribution in [1.82, 2.24) is 4.98 Å². The van der Waals surface area contributed by atoms with E-state index in [1.165, 1.54) is 13.2 Å². The van der Waals surface area contributed by atoms with Crippen molar-refractivity contribution in [2.24, 2.45) is 0 Å². The molecule has 0 fully saturated rings. The largest absolute Gasteiger partial charge is 0.496 e. The molecule has 0 N–H and O–H groups in total. The molecule has 1 aromatic heterocycles. The van der Waals surface area contributed by atoms with Crippen LogP contribution in [-0.2, 0) is 5.33 Å². The highest BCUT2D eigenvalue weighted by molar-refractivity contribution is 9.08. The van der Waals surface area contributed by atoms with Crippen molar-refractivity contribution < 1.29 is 13.5 Å². The van der Waals surface area contributed by atoms with E-state index in [0.717, 1.165) is 0 Å². The van der Waals surface area contributed by atoms with Gasteiger partial charge in [0.1, 0.15) is 17.5 Å². The van der Waals surface area contributed by atoms with E-state index >= 15 is 0 Å². The molecule has 0 saturated heterocycles. The van der Waals surface area contributed by atoms with Crippen LogP contribution in [0.25, 0.3) is 0 Å². The van der Waals surface area contributed by atoms with Gasteiger partial charge in [0, 0.05) is 11.4 Å². The quantitative estimate of drug-likeness (QED) is 0.798. The van der Waals surface area contributed by atoms with Gasteiger partial charge in [0.25, 0.3) is 6.43 Å². The van der Waals surface area contributed by atoms with Gasteiger partial charge in [-0.2, -0.15) is 5.26 Å². The van der Waals surface area contributed by atoms with Crippen LogP contribution in [0.15, 0.2) is 6.07 Å². The summed E-state index contributed by atoms with van der Waals surface area (Å²) >= 11 is 3.04. The van der Waals surface area contributed by atoms with Crippen LogP contribution in [0, 0.1) is 11.3 Å². The van der Waals surface area contributed by atoms with E-state index in [-0.39, 0.29) is 28.0 Å². The van der Waals surface area contributed by atoms with Gasteiger partial charge in [-0.1, -0.05) is 15.9 Å². The van der Waals surface area contributed by atoms with Crippen molar-refractivity contribution in [2.45, 2.75) is 11.8 Å². The Morgan fingerprint density at radius 1 is 1.67 bits per heavy atom. The predicted molar refractivity (Wildman–Crippen MR) is 53.1 cm³/mol. The monoisotopic (exact) mass is 276 g/mol. The van der Waals surface area contributed by atoms with Crippen molar-refractivity contribution in [3.8, 4) is 11.8 Å². The summed E-state index contributed by atoms with van der Waals surface area (Å²) in [6.45, 7) is 0. The van der Waals surface area contributed by atoms with Crippen molar-refractivity contribution in [3.05, 3.63) is 23.0 Å². The summed E-state index contributed by atoms with van der Waals surface area (Å²) in [5.41, 5.74) is -0.0834. The number of alkyl halides is 3. The fraction of sp³-hybridized carbons (Fsp3) is 0.333. The average Bonchev–Trinajstić information content (AvgIpc) is 2.26. The summed E-state index contributed by atoms with van der Waals surface area (Å²) in [6, 6.07) is 2.99. The first-order valence-electron chi connectivity index (χ1n) is 3.96. The third-order valence-corrected chi connectivity index (χ3v) is 2.31. The number of pyridine rings is 1. The van der Waals surface area contributed by atoms with Crippen LogP contribution in [0.4, 0.5) is 8.78 Å². The number of aromatic nitrogens is 1. The summed E-state index contributed by atoms with van der Waals surface area (Å²) in [5.74, 6) is -0.00833. The summed E-state index contributed by atoms with van der Waals surface area (Å²) in [7, 11) is 1.28. The van der Waals surface area contributed by atoms with E-state index in [9.17, 15) is 8.78 Å². The second kappa shape index (κ2) is 5.03. The average molecular weight is 277 g/mol. The molecular weight excluding hydrogens is 270 g/mol. The highest BCUT2D eigenvalue weighted by Gasteiger charge is 2.20. The van der Waals surface area contributed by atoms with Crippen LogP contribution in [-0.4, -0.2) is 12.1 Å². The Balaban J connectivity index is 3.41. The lowest BCUT2D eigenvalue weighted by Gasteiger charge is -2.11. The van der Waals surface area contributed by atoms with Crippen molar-refractivity contribution in [3.63, 3.8) is 0 Å². The summed E-state index contributed by atoms with van der Waals surface area (Å²) in [6.07, 6.45) is -2.67. The predicted octanol–water partition coefficient (Wildman–Crippen LogP) is 2.79. The van der Waals surface area contributed by atoms with Gasteiger partial charge in [-0.05, 0) is 0 Å². The summed E-state index contributed by atoms with van der Waals surface area (Å²) < 4.78 is 30.1. The molecule has 0 aliphatic carbocycles. The molecule has 0 aliphatic heterocycles. The van der Waals surface area contributed by atoms with Gasteiger partial charge in [0.15, 0.2) is 0 Å². The Labute approximate surface area is 93.8 Å². The van der Waals surface area contributed by atoms with Gasteiger partial charge in [-0.25, -0.2) is 13.8 Å². The zero-order valence-electron chi connectivity index (χ0n) is 7.80. The minimum atomic E-state index is -2.67. The van der Waals surface area contributed by atoms with E-state index in [1.54, 1.807) is 6.07 Å². The zero-order valence-corrected chi connectivity index (χ0v) is 9.38. The molecule has 15 heavy (non-hydrogen) atoms. The number of rotatable bonds is 3. The van der Waals surface area contributed by atoms with Crippen LogP contribution < -0.4 is 4.74 Å². The lowest BCUT2D eigenvalue weighted by Crippen LogP contribution is -2.02. The lowest BCUT2D eigenvalue weighted by atomic mass is 10.1. The molecule has 1 rings (SSSR count). The number of hydrogen-bond donors (Lipinski definition) is 0. The molecule has 0 unspecified atom stereocenters. The molecule has 0 atom stereocenters. The molecule has 1 heterocycles. The Bertz CT molecular complexity index is 379. The van der Waals surface area contributed by atoms with Crippen LogP contribution in [0.2, 0.25) is 0 Å². The standard InChI is InChI=1S/C9H7BrF2N2O/c1-15-7-2-5(4-13)14-6(3-10)8(7)9(11)12/h2,9H,3H2,1H3. The highest BCUT2D eigenvalue weighted by Crippen LogP contribution is 2.32. The molecular formula is C9H7BrF2N2O. The number of nitrogens with zero attached hydrogens (tertiary/aromatic N) is 2. The van der Waals surface area contributed by atoms with Crippen molar-refractivity contribution >= 4 is 15.9 Å². The fourth-order valence-corrected chi connectivity index (χ4v) is 1.57.